The molecule has 0 aliphatic carbocycles. The summed E-state index contributed by atoms with van der Waals surface area (Å²) in [6.45, 7) is 0. The number of aryl methyl sites for hydroxylation is 1. The van der Waals surface area contributed by atoms with Crippen molar-refractivity contribution in [3.63, 3.8) is 0 Å². The van der Waals surface area contributed by atoms with Gasteiger partial charge in [-0.3, -0.25) is 0 Å². The van der Waals surface area contributed by atoms with Gasteiger partial charge in [-0.15, -0.1) is 10.2 Å². The van der Waals surface area contributed by atoms with E-state index in [0.717, 1.165) is 5.65 Å². The minimum absolute atomic E-state index is 0.593. The third-order valence-electron chi connectivity index (χ3n) is 1.50. The first kappa shape index (κ1) is 7.48. The maximum absolute atomic E-state index is 4.24. The van der Waals surface area contributed by atoms with Crippen LogP contribution >= 0.6 is 11.8 Å². The van der Waals surface area contributed by atoms with Crippen LogP contribution in [0.25, 0.3) is 11.3 Å². The monoisotopic (exact) mass is 181 g/mol. The highest BCUT2D eigenvalue weighted by molar-refractivity contribution is 7.98. The second kappa shape index (κ2) is 2.71. The first-order chi connectivity index (χ1) is 5.81. The fourth-order valence-corrected chi connectivity index (χ4v) is 1.20. The number of hydrogen-bond donors (Lipinski definition) is 0. The molecule has 0 aliphatic rings. The largest absolute Gasteiger partial charge is 0.317 e. The van der Waals surface area contributed by atoms with Crippen LogP contribution < -0.4 is 0 Å². The number of nitrogens with zero attached hydrogens (tertiary/aromatic N) is 5. The SMILES string of the molecule is CSc1nnc2ncn(C)c2n1. The number of fused-ring (bicyclic) bond motifs is 1. The molecule has 0 saturated heterocycles. The highest BCUT2D eigenvalue weighted by atomic mass is 32.2. The maximum Gasteiger partial charge on any atom is 0.219 e. The Hall–Kier alpha value is -1.17. The Balaban J connectivity index is 2.71. The molecule has 2 aromatic rings. The van der Waals surface area contributed by atoms with Crippen molar-refractivity contribution in [2.24, 2.45) is 7.05 Å². The summed E-state index contributed by atoms with van der Waals surface area (Å²) >= 11 is 1.47. The predicted octanol–water partition coefficient (Wildman–Crippen LogP) is 0.480. The van der Waals surface area contributed by atoms with Crippen LogP contribution in [0, 0.1) is 0 Å². The molecule has 12 heavy (non-hydrogen) atoms. The van der Waals surface area contributed by atoms with E-state index in [1.807, 2.05) is 17.9 Å². The molecule has 62 valence electrons. The van der Waals surface area contributed by atoms with Crippen molar-refractivity contribution in [2.45, 2.75) is 5.16 Å². The number of hydrogen-bond acceptors (Lipinski definition) is 5. The molecule has 0 amide bonds. The van der Waals surface area contributed by atoms with Crippen LogP contribution in [0.4, 0.5) is 0 Å². The average molecular weight is 181 g/mol. The molecule has 0 radical (unpaired) electrons. The maximum atomic E-state index is 4.24. The van der Waals surface area contributed by atoms with Crippen molar-refractivity contribution in [3.05, 3.63) is 6.33 Å². The molecule has 0 saturated carbocycles. The minimum Gasteiger partial charge on any atom is -0.317 e. The summed E-state index contributed by atoms with van der Waals surface area (Å²) in [5.74, 6) is 0. The van der Waals surface area contributed by atoms with Crippen LogP contribution in [-0.2, 0) is 7.05 Å². The fraction of sp³-hybridized carbons (Fsp3) is 0.333. The van der Waals surface area contributed by atoms with Crippen molar-refractivity contribution < 1.29 is 0 Å². The van der Waals surface area contributed by atoms with E-state index in [1.165, 1.54) is 11.8 Å². The first-order valence-corrected chi connectivity index (χ1v) is 4.59. The van der Waals surface area contributed by atoms with Crippen molar-refractivity contribution >= 4 is 23.1 Å². The lowest BCUT2D eigenvalue weighted by Gasteiger charge is -1.93. The van der Waals surface area contributed by atoms with E-state index in [1.54, 1.807) is 6.33 Å². The van der Waals surface area contributed by atoms with E-state index in [2.05, 4.69) is 20.2 Å². The van der Waals surface area contributed by atoms with Crippen LogP contribution in [0.1, 0.15) is 0 Å². The normalized spacial score (nSPS) is 10.8. The molecular formula is C6H7N5S. The van der Waals surface area contributed by atoms with Crippen LogP contribution in [0.2, 0.25) is 0 Å². The minimum atomic E-state index is 0.593. The average Bonchev–Trinajstić information content (AvgIpc) is 2.47. The van der Waals surface area contributed by atoms with Gasteiger partial charge in [-0.25, -0.2) is 4.98 Å². The standard InChI is InChI=1S/C6H7N5S/c1-11-3-7-4-5(11)8-6(12-2)10-9-4/h3H,1-2H3. The zero-order valence-electron chi connectivity index (χ0n) is 6.72. The Morgan fingerprint density at radius 1 is 1.42 bits per heavy atom. The van der Waals surface area contributed by atoms with Gasteiger partial charge in [-0.2, -0.15) is 4.98 Å². The first-order valence-electron chi connectivity index (χ1n) is 3.37. The summed E-state index contributed by atoms with van der Waals surface area (Å²) in [5.41, 5.74) is 1.37. The predicted molar refractivity (Wildman–Crippen MR) is 45.9 cm³/mol. The number of thioether (sulfide) groups is 1. The summed E-state index contributed by atoms with van der Waals surface area (Å²) in [6, 6.07) is 0. The van der Waals surface area contributed by atoms with Gasteiger partial charge in [0.1, 0.15) is 0 Å². The quantitative estimate of drug-likeness (QED) is 0.599. The van der Waals surface area contributed by atoms with Crippen LogP contribution in [0.5, 0.6) is 0 Å². The highest BCUT2D eigenvalue weighted by Gasteiger charge is 2.03. The molecule has 0 fully saturated rings. The Morgan fingerprint density at radius 3 is 3.00 bits per heavy atom. The molecule has 0 N–H and O–H groups in total. The van der Waals surface area contributed by atoms with Crippen LogP contribution in [-0.4, -0.2) is 31.0 Å². The number of imidazole rings is 1. The third kappa shape index (κ3) is 1.04. The second-order valence-corrected chi connectivity index (χ2v) is 3.07. The van der Waals surface area contributed by atoms with Gasteiger partial charge in [0.2, 0.25) is 10.8 Å². The van der Waals surface area contributed by atoms with E-state index in [9.17, 15) is 0 Å². The lowest BCUT2D eigenvalue weighted by Crippen LogP contribution is -1.94. The van der Waals surface area contributed by atoms with Crippen molar-refractivity contribution in [1.29, 1.82) is 0 Å². The van der Waals surface area contributed by atoms with Gasteiger partial charge < -0.3 is 4.57 Å². The van der Waals surface area contributed by atoms with Crippen molar-refractivity contribution in [1.82, 2.24) is 24.7 Å². The zero-order valence-corrected chi connectivity index (χ0v) is 7.54. The molecule has 0 spiro atoms. The van der Waals surface area contributed by atoms with Crippen molar-refractivity contribution in [3.8, 4) is 0 Å². The molecule has 6 heteroatoms. The van der Waals surface area contributed by atoms with Gasteiger partial charge in [0.25, 0.3) is 0 Å². The summed E-state index contributed by atoms with van der Waals surface area (Å²) in [6.07, 6.45) is 3.59. The third-order valence-corrected chi connectivity index (χ3v) is 2.04. The number of aromatic nitrogens is 5. The van der Waals surface area contributed by atoms with Crippen molar-refractivity contribution in [2.75, 3.05) is 6.26 Å². The van der Waals surface area contributed by atoms with E-state index in [4.69, 9.17) is 0 Å². The molecule has 0 unspecified atom stereocenters. The Labute approximate surface area is 73.2 Å². The zero-order chi connectivity index (χ0) is 8.55. The topological polar surface area (TPSA) is 56.5 Å². The highest BCUT2D eigenvalue weighted by Crippen LogP contribution is 2.10. The fourth-order valence-electron chi connectivity index (χ4n) is 0.900. The van der Waals surface area contributed by atoms with Gasteiger partial charge in [0, 0.05) is 7.05 Å². The summed E-state index contributed by atoms with van der Waals surface area (Å²) in [5, 5.41) is 8.44. The Morgan fingerprint density at radius 2 is 2.25 bits per heavy atom. The molecule has 2 heterocycles. The molecular weight excluding hydrogens is 174 g/mol. The van der Waals surface area contributed by atoms with E-state index in [0.29, 0.717) is 10.8 Å². The molecule has 5 nitrogen and oxygen atoms in total. The van der Waals surface area contributed by atoms with E-state index < -0.39 is 0 Å². The molecule has 2 rings (SSSR count). The van der Waals surface area contributed by atoms with Gasteiger partial charge in [0.05, 0.1) is 6.33 Å². The van der Waals surface area contributed by atoms with E-state index in [-0.39, 0.29) is 0 Å². The second-order valence-electron chi connectivity index (χ2n) is 2.30. The lowest BCUT2D eigenvalue weighted by atomic mass is 10.7. The smallest absolute Gasteiger partial charge is 0.219 e. The van der Waals surface area contributed by atoms with Gasteiger partial charge in [-0.05, 0) is 6.26 Å². The van der Waals surface area contributed by atoms with Crippen LogP contribution in [0.15, 0.2) is 11.5 Å². The van der Waals surface area contributed by atoms with Gasteiger partial charge in [-0.1, -0.05) is 11.8 Å². The Kier molecular flexibility index (Phi) is 1.69. The van der Waals surface area contributed by atoms with Crippen LogP contribution in [0.3, 0.4) is 0 Å². The number of rotatable bonds is 1. The molecule has 0 bridgehead atoms. The molecule has 0 aliphatic heterocycles. The summed E-state index contributed by atoms with van der Waals surface area (Å²) in [7, 11) is 1.88. The van der Waals surface area contributed by atoms with Gasteiger partial charge >= 0.3 is 0 Å². The van der Waals surface area contributed by atoms with E-state index >= 15 is 0 Å². The van der Waals surface area contributed by atoms with Gasteiger partial charge in [0.15, 0.2) is 5.65 Å². The summed E-state index contributed by atoms with van der Waals surface area (Å²) < 4.78 is 1.82. The molecule has 0 aromatic carbocycles. The molecule has 2 aromatic heterocycles. The molecule has 0 atom stereocenters. The summed E-state index contributed by atoms with van der Waals surface area (Å²) in [4.78, 5) is 8.25. The lowest BCUT2D eigenvalue weighted by molar-refractivity contribution is 0.850. The Bertz CT molecular complexity index is 409.